The van der Waals surface area contributed by atoms with Crippen molar-refractivity contribution in [2.45, 2.75) is 29.7 Å². The number of phenols is 1. The summed E-state index contributed by atoms with van der Waals surface area (Å²) in [4.78, 5) is 124. The average Bonchev–Trinajstić information content (AvgIpc) is 3.75. The third kappa shape index (κ3) is 53.1. The highest BCUT2D eigenvalue weighted by atomic mass is 32.2. The minimum atomic E-state index is -4.43. The predicted octanol–water partition coefficient (Wildman–Crippen LogP) is 3.74. The zero-order valence-corrected chi connectivity index (χ0v) is 42.0. The van der Waals surface area contributed by atoms with Crippen LogP contribution in [-0.2, 0) is 64.0 Å². The number of benzene rings is 2. The summed E-state index contributed by atoms with van der Waals surface area (Å²) < 4.78 is 37.1. The highest BCUT2D eigenvalue weighted by Crippen LogP contribution is 2.29. The molecule has 4 aromatic rings. The standard InChI is InChI=1S/C9H8O5.C8H8O2.C7H7NO2S.C6H7N3O2S.C4H9NO2S.C3H3F3O2S.C3H3NO2.2CO2/c10-6-3-1-5(2-4-6)7(8(11)12)9(13)14;9-8(10)6-7-4-2-1-3-5-7;9-7(10)5-11-6-1-3-8-4-2-6;1-2-3(5(10)11)4-8-6(7)12-9-4;5-1-2-8-3-4(6)7;4-3(5,6)9-1-2(7)8;1-4-2-3(5)6;2*2-1-3/h1-4,7,10H,(H,11,12)(H,13,14);1-5H,6H2,(H,9,10);1-4H,5H2,(H,9,10);2H,1H3,(H,10,11)(H2,7,8,9);1-3,5H2,(H,6,7);1H2,(H,7,8);2H2,(H,5,6);;/b;;;3-2-;;;;;. The van der Waals surface area contributed by atoms with Crippen LogP contribution in [-0.4, -0.2) is 162 Å². The van der Waals surface area contributed by atoms with E-state index in [0.29, 0.717) is 6.54 Å². The fourth-order valence-corrected chi connectivity index (χ4v) is 5.38. The average molecular weight is 1160 g/mol. The number of aromatic hydroxyl groups is 1. The summed E-state index contributed by atoms with van der Waals surface area (Å²) >= 11 is 3.05. The lowest BCUT2D eigenvalue weighted by atomic mass is 10.00. The number of carbonyl (C=O) groups is 8. The Morgan fingerprint density at radius 3 is 1.55 bits per heavy atom. The van der Waals surface area contributed by atoms with Gasteiger partial charge in [0.2, 0.25) is 0 Å². The molecule has 0 radical (unpaired) electrons. The molecular formula is C42H45F3N6O21S4. The molecule has 0 aliphatic rings. The van der Waals surface area contributed by atoms with Crippen LogP contribution in [0.3, 0.4) is 0 Å². The summed E-state index contributed by atoms with van der Waals surface area (Å²) in [5.41, 5.74) is 7.01. The van der Waals surface area contributed by atoms with Crippen LogP contribution in [0.4, 0.5) is 18.3 Å². The molecule has 2 aromatic heterocycles. The molecule has 0 saturated heterocycles. The van der Waals surface area contributed by atoms with Gasteiger partial charge in [0.1, 0.15) is 11.3 Å². The van der Waals surface area contributed by atoms with Crippen LogP contribution in [0, 0.1) is 6.57 Å². The largest absolute Gasteiger partial charge is 0.508 e. The maximum Gasteiger partial charge on any atom is 0.442 e. The van der Waals surface area contributed by atoms with E-state index in [9.17, 15) is 51.5 Å². The molecule has 76 heavy (non-hydrogen) atoms. The number of pyridine rings is 1. The van der Waals surface area contributed by atoms with Gasteiger partial charge in [0, 0.05) is 41.1 Å². The van der Waals surface area contributed by atoms with Gasteiger partial charge in [0.15, 0.2) is 16.9 Å². The minimum absolute atomic E-state index is 0.0386. The van der Waals surface area contributed by atoms with E-state index in [1.165, 1.54) is 53.9 Å². The van der Waals surface area contributed by atoms with Gasteiger partial charge in [-0.2, -0.15) is 41.7 Å². The van der Waals surface area contributed by atoms with Crippen molar-refractivity contribution in [3.63, 3.8) is 0 Å². The van der Waals surface area contributed by atoms with Gasteiger partial charge in [-0.05, 0) is 54.1 Å². The van der Waals surface area contributed by atoms with Gasteiger partial charge in [0.25, 0.3) is 0 Å². The predicted molar refractivity (Wildman–Crippen MR) is 261 cm³/mol. The lowest BCUT2D eigenvalue weighted by molar-refractivity contribution is -0.193. The number of aliphatic carboxylic acids is 8. The summed E-state index contributed by atoms with van der Waals surface area (Å²) in [6, 6.07) is 17.7. The molecule has 0 bridgehead atoms. The Morgan fingerprint density at radius 2 is 1.24 bits per heavy atom. The Balaban J connectivity index is -0.000000256. The Labute approximate surface area is 443 Å². The molecule has 0 aliphatic carbocycles. The second kappa shape index (κ2) is 48.6. The first-order valence-corrected chi connectivity index (χ1v) is 23.1. The number of nitrogen functional groups attached to an aromatic ring is 1. The Morgan fingerprint density at radius 1 is 0.750 bits per heavy atom. The highest BCUT2D eigenvalue weighted by Gasteiger charge is 2.29. The third-order valence-electron chi connectivity index (χ3n) is 6.19. The van der Waals surface area contributed by atoms with Crippen molar-refractivity contribution >= 4 is 118 Å². The second-order valence-electron chi connectivity index (χ2n) is 11.8. The summed E-state index contributed by atoms with van der Waals surface area (Å²) in [6.07, 6.45) is 5.33. The van der Waals surface area contributed by atoms with E-state index in [2.05, 4.69) is 19.2 Å². The number of alkyl halides is 3. The highest BCUT2D eigenvalue weighted by molar-refractivity contribution is 8.00. The normalized spacial score (nSPS) is 9.30. The number of carbonyl (C=O) groups excluding carboxylic acids is 4. The second-order valence-corrected chi connectivity index (χ2v) is 15.8. The number of hydrogen-bond acceptors (Lipinski definition) is 22. The summed E-state index contributed by atoms with van der Waals surface area (Å²) in [6.45, 7) is 7.73. The SMILES string of the molecule is C/C=C(\C(=O)O)c1nsc(N)n1.NCCSCC(=O)O.O=C(O)C(C(=O)O)c1ccc(O)cc1.O=C(O)CSC(F)(F)F.O=C(O)CSc1ccncc1.O=C(O)Cc1ccccc1.O=C=O.O=C=O.[C-]#[N+]CC(=O)O. The van der Waals surface area contributed by atoms with E-state index < -0.39 is 83.2 Å². The zero-order valence-electron chi connectivity index (χ0n) is 38.7. The Kier molecular flexibility index (Phi) is 48.7. The van der Waals surface area contributed by atoms with E-state index in [1.807, 2.05) is 18.2 Å². The van der Waals surface area contributed by atoms with Gasteiger partial charge in [-0.15, -0.1) is 23.5 Å². The van der Waals surface area contributed by atoms with Gasteiger partial charge in [0.05, 0.1) is 23.7 Å². The molecular weight excluding hydrogens is 1110 g/mol. The molecule has 0 spiro atoms. The number of halogens is 3. The van der Waals surface area contributed by atoms with Crippen LogP contribution >= 0.6 is 46.8 Å². The number of allylic oxidation sites excluding steroid dienone is 1. The monoisotopic (exact) mass is 1150 g/mol. The number of hydrogen-bond donors (Lipinski definition) is 11. The van der Waals surface area contributed by atoms with Crippen molar-refractivity contribution in [3.05, 3.63) is 114 Å². The molecule has 2 heterocycles. The van der Waals surface area contributed by atoms with E-state index in [-0.39, 0.29) is 58.1 Å². The van der Waals surface area contributed by atoms with Crippen molar-refractivity contribution in [3.8, 4) is 5.75 Å². The number of aromatic nitrogens is 3. The summed E-state index contributed by atoms with van der Waals surface area (Å²) in [5, 5.41) is 75.3. The quantitative estimate of drug-likeness (QED) is 0.0236. The maximum atomic E-state index is 11.1. The van der Waals surface area contributed by atoms with E-state index in [0.717, 1.165) is 27.7 Å². The molecule has 414 valence electrons. The smallest absolute Gasteiger partial charge is 0.442 e. The lowest BCUT2D eigenvalue weighted by Crippen LogP contribution is -2.20. The number of anilines is 1. The number of nitrogens with two attached hydrogens (primary N) is 2. The van der Waals surface area contributed by atoms with Gasteiger partial charge in [-0.3, -0.25) is 33.8 Å². The molecule has 0 aliphatic heterocycles. The Hall–Kier alpha value is -8.70. The van der Waals surface area contributed by atoms with Crippen LogP contribution < -0.4 is 11.5 Å². The van der Waals surface area contributed by atoms with Crippen LogP contribution in [0.1, 0.15) is 29.8 Å². The van der Waals surface area contributed by atoms with E-state index >= 15 is 0 Å². The van der Waals surface area contributed by atoms with Gasteiger partial charge in [-0.25, -0.2) is 16.2 Å². The molecule has 27 nitrogen and oxygen atoms in total. The first-order chi connectivity index (χ1) is 35.5. The lowest BCUT2D eigenvalue weighted by Gasteiger charge is -2.06. The molecule has 0 saturated carbocycles. The number of phenolic OH excluding ortho intramolecular Hbond substituents is 1. The molecule has 34 heteroatoms. The molecule has 4 rings (SSSR count). The number of carboxylic acid groups (broad SMARTS) is 8. The third-order valence-corrected chi connectivity index (χ3v) is 9.43. The Bertz CT molecular complexity index is 2460. The van der Waals surface area contributed by atoms with E-state index in [4.69, 9.17) is 83.2 Å². The minimum Gasteiger partial charge on any atom is -0.508 e. The molecule has 0 atom stereocenters. The van der Waals surface area contributed by atoms with Crippen molar-refractivity contribution in [1.29, 1.82) is 0 Å². The zero-order chi connectivity index (χ0) is 59.7. The number of thioether (sulfide) groups is 3. The molecule has 0 unspecified atom stereocenters. The maximum absolute atomic E-state index is 11.1. The number of nitrogens with zero attached hydrogens (tertiary/aromatic N) is 4. The van der Waals surface area contributed by atoms with E-state index in [1.54, 1.807) is 43.6 Å². The number of rotatable bonds is 17. The first-order valence-electron chi connectivity index (χ1n) is 19.2. The van der Waals surface area contributed by atoms with Crippen molar-refractivity contribution < 1.29 is 117 Å². The van der Waals surface area contributed by atoms with Crippen LogP contribution in [0.15, 0.2) is 90.1 Å². The fraction of sp³-hybridized carbons (Fsp3) is 0.238. The van der Waals surface area contributed by atoms with Gasteiger partial charge < -0.3 is 62.3 Å². The summed E-state index contributed by atoms with van der Waals surface area (Å²) in [7, 11) is 0. The van der Waals surface area contributed by atoms with Crippen molar-refractivity contribution in [2.24, 2.45) is 5.73 Å². The van der Waals surface area contributed by atoms with Crippen LogP contribution in [0.2, 0.25) is 0 Å². The number of carboxylic acids is 8. The van der Waals surface area contributed by atoms with Gasteiger partial charge >= 0.3 is 72.1 Å². The van der Waals surface area contributed by atoms with Crippen molar-refractivity contribution in [2.75, 3.05) is 41.8 Å². The van der Waals surface area contributed by atoms with Gasteiger partial charge in [-0.1, -0.05) is 48.5 Å². The molecule has 0 amide bonds. The van der Waals surface area contributed by atoms with Crippen LogP contribution in [0.5, 0.6) is 5.75 Å². The first kappa shape index (κ1) is 76.2. The van der Waals surface area contributed by atoms with Crippen molar-refractivity contribution in [1.82, 2.24) is 14.3 Å². The fourth-order valence-electron chi connectivity index (χ4n) is 3.55. The molecule has 13 N–H and O–H groups in total. The topological polar surface area (TPSA) is 482 Å². The summed E-state index contributed by atoms with van der Waals surface area (Å²) in [5.74, 6) is -10.2. The molecule has 2 aromatic carbocycles. The van der Waals surface area contributed by atoms with Crippen LogP contribution in [0.25, 0.3) is 10.4 Å². The molecule has 0 fully saturated rings.